The van der Waals surface area contributed by atoms with E-state index < -0.39 is 17.7 Å². The molecule has 0 saturated carbocycles. The second-order valence-electron chi connectivity index (χ2n) is 8.04. The maximum absolute atomic E-state index is 13.0. The Hall–Kier alpha value is -3.12. The first-order valence-electron chi connectivity index (χ1n) is 10.6. The number of carbonyl (C=O) groups excluding carboxylic acids is 2. The Morgan fingerprint density at radius 2 is 1.94 bits per heavy atom. The van der Waals surface area contributed by atoms with Crippen LogP contribution in [0.3, 0.4) is 0 Å². The molecule has 0 spiro atoms. The molecule has 6 heteroatoms. The van der Waals surface area contributed by atoms with Crippen LogP contribution >= 0.6 is 0 Å². The Balaban J connectivity index is 1.81. The van der Waals surface area contributed by atoms with Gasteiger partial charge in [-0.25, -0.2) is 0 Å². The highest BCUT2D eigenvalue weighted by Gasteiger charge is 2.45. The van der Waals surface area contributed by atoms with Crippen molar-refractivity contribution in [1.29, 1.82) is 0 Å². The lowest BCUT2D eigenvalue weighted by Crippen LogP contribution is -2.32. The lowest BCUT2D eigenvalue weighted by Gasteiger charge is -2.25. The van der Waals surface area contributed by atoms with E-state index in [1.165, 1.54) is 4.90 Å². The molecule has 0 aliphatic carbocycles. The molecule has 162 valence electrons. The number of fused-ring (bicyclic) bond motifs is 1. The highest BCUT2D eigenvalue weighted by Crippen LogP contribution is 2.40. The molecule has 2 aromatic rings. The second kappa shape index (κ2) is 8.55. The van der Waals surface area contributed by atoms with Gasteiger partial charge in [-0.15, -0.1) is 0 Å². The average Bonchev–Trinajstić information content (AvgIpc) is 3.27. The third-order valence-corrected chi connectivity index (χ3v) is 5.95. The van der Waals surface area contributed by atoms with Gasteiger partial charge in [-0.3, -0.25) is 9.59 Å². The number of aliphatic hydroxyl groups is 1. The number of carbonyl (C=O) groups is 2. The van der Waals surface area contributed by atoms with E-state index in [2.05, 4.69) is 6.92 Å². The van der Waals surface area contributed by atoms with Crippen molar-refractivity contribution in [3.8, 4) is 5.75 Å². The largest absolute Gasteiger partial charge is 0.507 e. The van der Waals surface area contributed by atoms with Crippen molar-refractivity contribution in [3.63, 3.8) is 0 Å². The van der Waals surface area contributed by atoms with Crippen LogP contribution in [0.4, 0.5) is 0 Å². The van der Waals surface area contributed by atoms with Gasteiger partial charge in [0, 0.05) is 25.6 Å². The summed E-state index contributed by atoms with van der Waals surface area (Å²) in [6.45, 7) is 4.61. The fourth-order valence-corrected chi connectivity index (χ4v) is 4.31. The first-order chi connectivity index (χ1) is 14.9. The summed E-state index contributed by atoms with van der Waals surface area (Å²) in [7, 11) is 1.55. The molecular weight excluding hydrogens is 394 g/mol. The number of aryl methyl sites for hydroxylation is 1. The van der Waals surface area contributed by atoms with Crippen molar-refractivity contribution < 1.29 is 24.2 Å². The summed E-state index contributed by atoms with van der Waals surface area (Å²) in [4.78, 5) is 27.3. The van der Waals surface area contributed by atoms with E-state index in [1.807, 2.05) is 37.3 Å². The van der Waals surface area contributed by atoms with Gasteiger partial charge in [0.1, 0.15) is 17.6 Å². The number of benzene rings is 2. The number of ketones is 1. The van der Waals surface area contributed by atoms with Crippen LogP contribution in [0.5, 0.6) is 5.75 Å². The number of rotatable bonds is 6. The molecule has 4 rings (SSSR count). The number of nitrogens with zero attached hydrogens (tertiary/aromatic N) is 1. The van der Waals surface area contributed by atoms with Crippen molar-refractivity contribution in [3.05, 3.63) is 70.3 Å². The van der Waals surface area contributed by atoms with Crippen LogP contribution in [-0.2, 0) is 27.2 Å². The molecule has 2 aromatic carbocycles. The maximum Gasteiger partial charge on any atom is 0.295 e. The number of methoxy groups -OCH3 is 1. The van der Waals surface area contributed by atoms with Crippen LogP contribution in [0.1, 0.15) is 42.1 Å². The quantitative estimate of drug-likeness (QED) is 0.438. The normalized spacial score (nSPS) is 22.0. The van der Waals surface area contributed by atoms with Gasteiger partial charge in [-0.05, 0) is 48.2 Å². The molecule has 1 fully saturated rings. The molecule has 2 unspecified atom stereocenters. The molecule has 1 N–H and O–H groups in total. The molecule has 0 aromatic heterocycles. The molecule has 0 bridgehead atoms. The van der Waals surface area contributed by atoms with Gasteiger partial charge in [0.15, 0.2) is 0 Å². The number of Topliss-reactive ketones (excluding diaryl/α,β-unsaturated/α-hetero) is 1. The second-order valence-corrected chi connectivity index (χ2v) is 8.04. The minimum Gasteiger partial charge on any atom is -0.507 e. The van der Waals surface area contributed by atoms with Crippen molar-refractivity contribution in [2.45, 2.75) is 38.8 Å². The van der Waals surface area contributed by atoms with Gasteiger partial charge in [-0.2, -0.15) is 0 Å². The van der Waals surface area contributed by atoms with E-state index in [-0.39, 0.29) is 24.0 Å². The average molecular weight is 421 g/mol. The number of hydrogen-bond donors (Lipinski definition) is 1. The van der Waals surface area contributed by atoms with Crippen LogP contribution in [0.25, 0.3) is 5.76 Å². The Labute approximate surface area is 182 Å². The number of ether oxygens (including phenoxy) is 2. The van der Waals surface area contributed by atoms with Crippen LogP contribution in [-0.4, -0.2) is 48.1 Å². The Kier molecular flexibility index (Phi) is 5.83. The molecule has 6 nitrogen and oxygen atoms in total. The van der Waals surface area contributed by atoms with Crippen LogP contribution in [0, 0.1) is 0 Å². The minimum absolute atomic E-state index is 0.0732. The van der Waals surface area contributed by atoms with Gasteiger partial charge >= 0.3 is 0 Å². The zero-order valence-corrected chi connectivity index (χ0v) is 18.1. The van der Waals surface area contributed by atoms with E-state index in [1.54, 1.807) is 19.2 Å². The first kappa shape index (κ1) is 21.1. The lowest BCUT2D eigenvalue weighted by molar-refractivity contribution is -0.140. The van der Waals surface area contributed by atoms with Gasteiger partial charge < -0.3 is 19.5 Å². The van der Waals surface area contributed by atoms with Gasteiger partial charge in [0.2, 0.25) is 0 Å². The van der Waals surface area contributed by atoms with Crippen LogP contribution < -0.4 is 4.74 Å². The Morgan fingerprint density at radius 1 is 1.19 bits per heavy atom. The Bertz CT molecular complexity index is 1040. The molecule has 2 heterocycles. The standard InChI is InChI=1S/C25H27NO5/c1-4-16-5-7-17(8-6-16)22-21(24(28)25(29)26(22)11-12-30-3)23(27)18-9-10-20-19(14-18)13-15(2)31-20/h5-10,14-15,22,27H,4,11-13H2,1-3H3/b23-21+. The van der Waals surface area contributed by atoms with Crippen LogP contribution in [0.2, 0.25) is 0 Å². The summed E-state index contributed by atoms with van der Waals surface area (Å²) in [5.74, 6) is -0.675. The lowest BCUT2D eigenvalue weighted by atomic mass is 9.93. The highest BCUT2D eigenvalue weighted by molar-refractivity contribution is 6.46. The van der Waals surface area contributed by atoms with Crippen molar-refractivity contribution in [1.82, 2.24) is 4.90 Å². The first-order valence-corrected chi connectivity index (χ1v) is 10.6. The molecule has 1 saturated heterocycles. The fourth-order valence-electron chi connectivity index (χ4n) is 4.31. The van der Waals surface area contributed by atoms with E-state index in [0.717, 1.165) is 35.3 Å². The number of amides is 1. The predicted molar refractivity (Wildman–Crippen MR) is 117 cm³/mol. The maximum atomic E-state index is 13.0. The van der Waals surface area contributed by atoms with Crippen LogP contribution in [0.15, 0.2) is 48.0 Å². The number of aliphatic hydroxyl groups excluding tert-OH is 1. The zero-order valence-electron chi connectivity index (χ0n) is 18.1. The number of hydrogen-bond acceptors (Lipinski definition) is 5. The summed E-state index contributed by atoms with van der Waals surface area (Å²) in [5, 5.41) is 11.2. The molecule has 2 aliphatic heterocycles. The molecular formula is C25H27NO5. The molecule has 1 amide bonds. The predicted octanol–water partition coefficient (Wildman–Crippen LogP) is 3.64. The summed E-state index contributed by atoms with van der Waals surface area (Å²) in [6.07, 6.45) is 1.70. The SMILES string of the molecule is CCc1ccc(C2/C(=C(\O)c3ccc4c(c3)CC(C)O4)C(=O)C(=O)N2CCOC)cc1. The van der Waals surface area contributed by atoms with E-state index in [4.69, 9.17) is 9.47 Å². The van der Waals surface area contributed by atoms with Gasteiger partial charge in [0.25, 0.3) is 11.7 Å². The van der Waals surface area contributed by atoms with Gasteiger partial charge in [0.05, 0.1) is 18.2 Å². The van der Waals surface area contributed by atoms with E-state index in [9.17, 15) is 14.7 Å². The molecule has 2 aliphatic rings. The van der Waals surface area contributed by atoms with Gasteiger partial charge in [-0.1, -0.05) is 31.2 Å². The third-order valence-electron chi connectivity index (χ3n) is 5.95. The summed E-state index contributed by atoms with van der Waals surface area (Å²) in [6, 6.07) is 12.5. The van der Waals surface area contributed by atoms with Crippen molar-refractivity contribution in [2.24, 2.45) is 0 Å². The topological polar surface area (TPSA) is 76.1 Å². The Morgan fingerprint density at radius 3 is 2.61 bits per heavy atom. The number of likely N-dealkylation sites (tertiary alicyclic amines) is 1. The van der Waals surface area contributed by atoms with E-state index in [0.29, 0.717) is 12.2 Å². The minimum atomic E-state index is -0.678. The highest BCUT2D eigenvalue weighted by atomic mass is 16.5. The smallest absolute Gasteiger partial charge is 0.295 e. The van der Waals surface area contributed by atoms with Crippen molar-refractivity contribution >= 4 is 17.4 Å². The summed E-state index contributed by atoms with van der Waals surface area (Å²) < 4.78 is 10.9. The van der Waals surface area contributed by atoms with Crippen molar-refractivity contribution in [2.75, 3.05) is 20.3 Å². The summed E-state index contributed by atoms with van der Waals surface area (Å²) in [5.41, 5.74) is 3.54. The monoisotopic (exact) mass is 421 g/mol. The fraction of sp³-hybridized carbons (Fsp3) is 0.360. The van der Waals surface area contributed by atoms with E-state index >= 15 is 0 Å². The molecule has 0 radical (unpaired) electrons. The third kappa shape index (κ3) is 3.83. The summed E-state index contributed by atoms with van der Waals surface area (Å²) >= 11 is 0. The molecule has 2 atom stereocenters. The zero-order chi connectivity index (χ0) is 22.1. The molecule has 31 heavy (non-hydrogen) atoms.